The SMILES string of the molecule is CN(C)c1ncc2c(n1)C1(CCCN(C(=O)C=Cc3ccccc3)C1)CC2. The third kappa shape index (κ3) is 3.46. The van der Waals surface area contributed by atoms with Gasteiger partial charge in [0.05, 0.1) is 5.69 Å². The minimum atomic E-state index is -0.0163. The lowest BCUT2D eigenvalue weighted by atomic mass is 9.77. The fourth-order valence-corrected chi connectivity index (χ4v) is 4.30. The molecule has 5 heteroatoms. The summed E-state index contributed by atoms with van der Waals surface area (Å²) in [5, 5.41) is 0. The van der Waals surface area contributed by atoms with Crippen molar-refractivity contribution in [3.05, 3.63) is 59.4 Å². The monoisotopic (exact) mass is 362 g/mol. The first kappa shape index (κ1) is 17.7. The van der Waals surface area contributed by atoms with Gasteiger partial charge >= 0.3 is 0 Å². The zero-order chi connectivity index (χ0) is 18.9. The number of piperidine rings is 1. The van der Waals surface area contributed by atoms with Crippen molar-refractivity contribution in [2.75, 3.05) is 32.1 Å². The fourth-order valence-electron chi connectivity index (χ4n) is 4.30. The molecule has 4 rings (SSSR count). The first-order chi connectivity index (χ1) is 13.1. The second-order valence-electron chi connectivity index (χ2n) is 7.83. The number of nitrogens with zero attached hydrogens (tertiary/aromatic N) is 4. The van der Waals surface area contributed by atoms with Crippen LogP contribution >= 0.6 is 0 Å². The Morgan fingerprint density at radius 3 is 2.81 bits per heavy atom. The lowest BCUT2D eigenvalue weighted by molar-refractivity contribution is -0.128. The number of hydrogen-bond donors (Lipinski definition) is 0. The molecule has 1 saturated heterocycles. The van der Waals surface area contributed by atoms with Crippen molar-refractivity contribution in [1.82, 2.24) is 14.9 Å². The topological polar surface area (TPSA) is 49.3 Å². The quantitative estimate of drug-likeness (QED) is 0.788. The molecule has 140 valence electrons. The molecule has 1 aromatic heterocycles. The van der Waals surface area contributed by atoms with E-state index in [1.165, 1.54) is 5.56 Å². The molecule has 1 spiro atoms. The van der Waals surface area contributed by atoms with Gasteiger partial charge in [-0.3, -0.25) is 4.79 Å². The van der Waals surface area contributed by atoms with E-state index in [-0.39, 0.29) is 11.3 Å². The fraction of sp³-hybridized carbons (Fsp3) is 0.409. The van der Waals surface area contributed by atoms with Crippen molar-refractivity contribution < 1.29 is 4.79 Å². The summed E-state index contributed by atoms with van der Waals surface area (Å²) < 4.78 is 0. The molecule has 27 heavy (non-hydrogen) atoms. The zero-order valence-electron chi connectivity index (χ0n) is 16.1. The molecule has 2 aliphatic rings. The molecule has 1 aliphatic carbocycles. The van der Waals surface area contributed by atoms with E-state index in [1.54, 1.807) is 6.08 Å². The Labute approximate surface area is 160 Å². The maximum absolute atomic E-state index is 12.8. The summed E-state index contributed by atoms with van der Waals surface area (Å²) in [5.41, 5.74) is 3.44. The van der Waals surface area contributed by atoms with Crippen molar-refractivity contribution in [2.24, 2.45) is 0 Å². The molecule has 1 aliphatic heterocycles. The Kier molecular flexibility index (Phi) is 4.68. The number of aryl methyl sites for hydroxylation is 1. The van der Waals surface area contributed by atoms with Crippen LogP contribution in [-0.2, 0) is 16.6 Å². The van der Waals surface area contributed by atoms with Gasteiger partial charge in [-0.1, -0.05) is 30.3 Å². The van der Waals surface area contributed by atoms with Crippen LogP contribution in [-0.4, -0.2) is 48.0 Å². The normalized spacial score (nSPS) is 21.6. The molecule has 1 fully saturated rings. The summed E-state index contributed by atoms with van der Waals surface area (Å²) in [6.45, 7) is 1.57. The van der Waals surface area contributed by atoms with E-state index in [0.29, 0.717) is 0 Å². The van der Waals surface area contributed by atoms with Crippen molar-refractivity contribution in [3.8, 4) is 0 Å². The Hall–Kier alpha value is -2.69. The Morgan fingerprint density at radius 2 is 2.04 bits per heavy atom. The number of hydrogen-bond acceptors (Lipinski definition) is 4. The average molecular weight is 362 g/mol. The molecular weight excluding hydrogens is 336 g/mol. The van der Waals surface area contributed by atoms with E-state index in [4.69, 9.17) is 4.98 Å². The first-order valence-corrected chi connectivity index (χ1v) is 9.63. The van der Waals surface area contributed by atoms with Gasteiger partial charge in [-0.25, -0.2) is 9.97 Å². The van der Waals surface area contributed by atoms with Gasteiger partial charge in [0.1, 0.15) is 0 Å². The molecule has 0 radical (unpaired) electrons. The molecule has 0 N–H and O–H groups in total. The predicted octanol–water partition coefficient (Wildman–Crippen LogP) is 3.06. The standard InChI is InChI=1S/C22H26N4O/c1-25(2)21-23-15-18-11-13-22(20(18)24-21)12-6-14-26(16-22)19(27)10-9-17-7-4-3-5-8-17/h3-5,7-10,15H,6,11-14,16H2,1-2H3. The number of carbonyl (C=O) groups is 1. The highest BCUT2D eigenvalue weighted by Crippen LogP contribution is 2.44. The van der Waals surface area contributed by atoms with Gasteiger partial charge in [0.15, 0.2) is 0 Å². The second-order valence-corrected chi connectivity index (χ2v) is 7.83. The van der Waals surface area contributed by atoms with Crippen molar-refractivity contribution >= 4 is 17.9 Å². The van der Waals surface area contributed by atoms with E-state index < -0.39 is 0 Å². The predicted molar refractivity (Wildman–Crippen MR) is 108 cm³/mol. The van der Waals surface area contributed by atoms with E-state index in [1.807, 2.05) is 66.5 Å². The number of fused-ring (bicyclic) bond motifs is 2. The number of aromatic nitrogens is 2. The maximum atomic E-state index is 12.8. The highest BCUT2D eigenvalue weighted by atomic mass is 16.2. The lowest BCUT2D eigenvalue weighted by Crippen LogP contribution is -2.47. The molecular formula is C22H26N4O. The number of likely N-dealkylation sites (tertiary alicyclic amines) is 1. The third-order valence-corrected chi connectivity index (χ3v) is 5.73. The van der Waals surface area contributed by atoms with Gasteiger partial charge in [0.2, 0.25) is 11.9 Å². The van der Waals surface area contributed by atoms with Crippen molar-refractivity contribution in [1.29, 1.82) is 0 Å². The van der Waals surface area contributed by atoms with Crippen LogP contribution in [0.2, 0.25) is 0 Å². The summed E-state index contributed by atoms with van der Waals surface area (Å²) in [6.07, 6.45) is 9.75. The van der Waals surface area contributed by atoms with Crippen LogP contribution in [0.15, 0.2) is 42.6 Å². The molecule has 1 amide bonds. The van der Waals surface area contributed by atoms with Crippen LogP contribution in [0.3, 0.4) is 0 Å². The van der Waals surface area contributed by atoms with Crippen LogP contribution in [0.5, 0.6) is 0 Å². The lowest BCUT2D eigenvalue weighted by Gasteiger charge is -2.40. The van der Waals surface area contributed by atoms with E-state index in [9.17, 15) is 4.79 Å². The number of rotatable bonds is 3. The van der Waals surface area contributed by atoms with Gasteiger partial charge in [-0.2, -0.15) is 0 Å². The Morgan fingerprint density at radius 1 is 1.22 bits per heavy atom. The second kappa shape index (κ2) is 7.14. The number of anilines is 1. The molecule has 2 aromatic rings. The molecule has 0 saturated carbocycles. The van der Waals surface area contributed by atoms with E-state index in [0.717, 1.165) is 56.0 Å². The molecule has 1 aromatic carbocycles. The summed E-state index contributed by atoms with van der Waals surface area (Å²) in [6, 6.07) is 9.97. The molecule has 2 heterocycles. The van der Waals surface area contributed by atoms with Crippen LogP contribution < -0.4 is 4.90 Å². The molecule has 0 bridgehead atoms. The summed E-state index contributed by atoms with van der Waals surface area (Å²) in [5.74, 6) is 0.843. The van der Waals surface area contributed by atoms with Crippen LogP contribution in [0.25, 0.3) is 6.08 Å². The Bertz CT molecular complexity index is 858. The summed E-state index contributed by atoms with van der Waals surface area (Å²) in [4.78, 5) is 26.1. The van der Waals surface area contributed by atoms with Gasteiger partial charge < -0.3 is 9.80 Å². The van der Waals surface area contributed by atoms with Gasteiger partial charge in [0, 0.05) is 44.9 Å². The third-order valence-electron chi connectivity index (χ3n) is 5.73. The smallest absolute Gasteiger partial charge is 0.246 e. The number of amides is 1. The van der Waals surface area contributed by atoms with Gasteiger partial charge in [0.25, 0.3) is 0 Å². The Balaban J connectivity index is 1.55. The zero-order valence-corrected chi connectivity index (χ0v) is 16.1. The van der Waals surface area contributed by atoms with E-state index in [2.05, 4.69) is 4.98 Å². The van der Waals surface area contributed by atoms with Crippen LogP contribution in [0.1, 0.15) is 36.1 Å². The van der Waals surface area contributed by atoms with Crippen molar-refractivity contribution in [2.45, 2.75) is 31.1 Å². The highest BCUT2D eigenvalue weighted by Gasteiger charge is 2.44. The minimum absolute atomic E-state index is 0.0163. The van der Waals surface area contributed by atoms with Crippen LogP contribution in [0, 0.1) is 0 Å². The molecule has 1 unspecified atom stereocenters. The first-order valence-electron chi connectivity index (χ1n) is 9.63. The van der Waals surface area contributed by atoms with E-state index >= 15 is 0 Å². The number of benzene rings is 1. The number of carbonyl (C=O) groups excluding carboxylic acids is 1. The van der Waals surface area contributed by atoms with Gasteiger partial charge in [-0.15, -0.1) is 0 Å². The largest absolute Gasteiger partial charge is 0.347 e. The van der Waals surface area contributed by atoms with Crippen LogP contribution in [0.4, 0.5) is 5.95 Å². The van der Waals surface area contributed by atoms with Crippen molar-refractivity contribution in [3.63, 3.8) is 0 Å². The molecule has 1 atom stereocenters. The summed E-state index contributed by atoms with van der Waals surface area (Å²) in [7, 11) is 3.93. The summed E-state index contributed by atoms with van der Waals surface area (Å²) >= 11 is 0. The minimum Gasteiger partial charge on any atom is -0.347 e. The maximum Gasteiger partial charge on any atom is 0.246 e. The van der Waals surface area contributed by atoms with Gasteiger partial charge in [-0.05, 0) is 42.9 Å². The highest BCUT2D eigenvalue weighted by molar-refractivity contribution is 5.92. The average Bonchev–Trinajstić information content (AvgIpc) is 3.04. The molecule has 5 nitrogen and oxygen atoms in total.